The molecule has 0 spiro atoms. The van der Waals surface area contributed by atoms with Gasteiger partial charge in [0.25, 0.3) is 0 Å². The summed E-state index contributed by atoms with van der Waals surface area (Å²) in [5, 5.41) is 16.8. The number of nitrogens with one attached hydrogen (secondary N) is 2. The average molecular weight is 296 g/mol. The van der Waals surface area contributed by atoms with Crippen LogP contribution in [-0.2, 0) is 11.3 Å². The van der Waals surface area contributed by atoms with Crippen LogP contribution in [-0.4, -0.2) is 32.9 Å². The van der Waals surface area contributed by atoms with E-state index in [0.717, 1.165) is 34.3 Å². The van der Waals surface area contributed by atoms with E-state index < -0.39 is 0 Å². The molecule has 0 amide bonds. The molecule has 1 aromatic carbocycles. The zero-order chi connectivity index (χ0) is 14.9. The monoisotopic (exact) mass is 296 g/mol. The second-order valence-corrected chi connectivity index (χ2v) is 5.18. The number of benzene rings is 1. The second kappa shape index (κ2) is 5.18. The molecule has 2 N–H and O–H groups in total. The van der Waals surface area contributed by atoms with E-state index in [4.69, 9.17) is 4.74 Å². The van der Waals surface area contributed by atoms with Gasteiger partial charge < -0.3 is 10.2 Å². The van der Waals surface area contributed by atoms with Gasteiger partial charge in [0, 0.05) is 23.7 Å². The molecule has 4 rings (SSSR count). The molecular weight excluding hydrogens is 280 g/mol. The molecule has 1 aliphatic rings. The molecule has 0 aliphatic carbocycles. The number of nitrogens with zero attached hydrogens (tertiary/aromatic N) is 4. The predicted octanol–water partition coefficient (Wildman–Crippen LogP) is 2.05. The first-order chi connectivity index (χ1) is 10.8. The average Bonchev–Trinajstić information content (AvgIpc) is 3.21. The maximum Gasteiger partial charge on any atom is 0.193 e. The fraction of sp³-hybridized carbons (Fsp3) is 0.267. The van der Waals surface area contributed by atoms with Gasteiger partial charge >= 0.3 is 0 Å². The Bertz CT molecular complexity index is 834. The topological polar surface area (TPSA) is 80.1 Å². The summed E-state index contributed by atoms with van der Waals surface area (Å²) in [6, 6.07) is 6.19. The third kappa shape index (κ3) is 2.11. The molecule has 0 saturated carbocycles. The fourth-order valence-corrected chi connectivity index (χ4v) is 2.63. The normalized spacial score (nSPS) is 17.4. The lowest BCUT2D eigenvalue weighted by molar-refractivity contribution is 0.181. The molecule has 0 radical (unpaired) electrons. The van der Waals surface area contributed by atoms with E-state index in [-0.39, 0.29) is 6.10 Å². The highest BCUT2D eigenvalue weighted by Gasteiger charge is 2.17. The Balaban J connectivity index is 1.77. The van der Waals surface area contributed by atoms with Crippen molar-refractivity contribution in [3.8, 4) is 11.3 Å². The van der Waals surface area contributed by atoms with Gasteiger partial charge in [-0.25, -0.2) is 0 Å². The van der Waals surface area contributed by atoms with Crippen molar-refractivity contribution < 1.29 is 4.74 Å². The first kappa shape index (κ1) is 12.9. The van der Waals surface area contributed by atoms with Crippen molar-refractivity contribution in [2.75, 3.05) is 6.54 Å². The van der Waals surface area contributed by atoms with Crippen LogP contribution in [0.5, 0.6) is 0 Å². The van der Waals surface area contributed by atoms with Crippen LogP contribution in [0.15, 0.2) is 35.7 Å². The molecule has 1 aliphatic heterocycles. The Morgan fingerprint density at radius 2 is 2.36 bits per heavy atom. The maximum atomic E-state index is 5.56. The van der Waals surface area contributed by atoms with Gasteiger partial charge in [-0.1, -0.05) is 6.07 Å². The van der Waals surface area contributed by atoms with E-state index in [1.54, 1.807) is 0 Å². The largest absolute Gasteiger partial charge is 0.472 e. The van der Waals surface area contributed by atoms with E-state index in [9.17, 15) is 0 Å². The summed E-state index contributed by atoms with van der Waals surface area (Å²) in [6.07, 6.45) is 5.26. The molecule has 0 saturated heterocycles. The molecule has 22 heavy (non-hydrogen) atoms. The van der Waals surface area contributed by atoms with Gasteiger partial charge in [-0.15, -0.1) is 5.10 Å². The second-order valence-electron chi connectivity index (χ2n) is 5.18. The number of H-pyrrole nitrogens is 1. The minimum absolute atomic E-state index is 0.0389. The number of fused-ring (bicyclic) bond motifs is 1. The predicted molar refractivity (Wildman–Crippen MR) is 83.3 cm³/mol. The maximum absolute atomic E-state index is 5.56. The molecule has 1 atom stereocenters. The standard InChI is InChI=1S/C15H16N6O/c1-2-21-8-11(6-18-21)15-12-5-10(3-4-13(12)19-20-15)14-7-16-17-9-22-14/h3-6,8-9,14,16H,2,7H2,1H3,(H,19,20). The van der Waals surface area contributed by atoms with Crippen LogP contribution in [0.1, 0.15) is 18.6 Å². The molecular formula is C15H16N6O. The van der Waals surface area contributed by atoms with E-state index in [1.807, 2.05) is 29.2 Å². The van der Waals surface area contributed by atoms with Gasteiger partial charge in [-0.2, -0.15) is 10.2 Å². The van der Waals surface area contributed by atoms with Crippen LogP contribution in [0.25, 0.3) is 22.2 Å². The fourth-order valence-electron chi connectivity index (χ4n) is 2.63. The molecule has 7 nitrogen and oxygen atoms in total. The van der Waals surface area contributed by atoms with Gasteiger partial charge in [0.2, 0.25) is 0 Å². The summed E-state index contributed by atoms with van der Waals surface area (Å²) in [5.74, 6) is 0. The number of hydrazone groups is 1. The van der Waals surface area contributed by atoms with Crippen LogP contribution in [0.4, 0.5) is 0 Å². The number of hydrogen-bond acceptors (Lipinski definition) is 5. The minimum atomic E-state index is -0.0389. The summed E-state index contributed by atoms with van der Waals surface area (Å²) in [6.45, 7) is 3.56. The molecule has 3 heterocycles. The molecule has 3 aromatic rings. The first-order valence-electron chi connectivity index (χ1n) is 7.26. The van der Waals surface area contributed by atoms with Crippen LogP contribution in [0.3, 0.4) is 0 Å². The summed E-state index contributed by atoms with van der Waals surface area (Å²) in [7, 11) is 0. The van der Waals surface area contributed by atoms with E-state index in [1.165, 1.54) is 6.40 Å². The van der Waals surface area contributed by atoms with Crippen molar-refractivity contribution in [2.45, 2.75) is 19.6 Å². The van der Waals surface area contributed by atoms with Crippen LogP contribution < -0.4 is 5.43 Å². The van der Waals surface area contributed by atoms with Gasteiger partial charge in [0.05, 0.1) is 18.3 Å². The SMILES string of the molecule is CCn1cc(-c2n[nH]c3ccc(C4CNN=CO4)cc23)cn1. The van der Waals surface area contributed by atoms with Crippen LogP contribution >= 0.6 is 0 Å². The summed E-state index contributed by atoms with van der Waals surface area (Å²) in [5.41, 5.74) is 6.95. The molecule has 2 aromatic heterocycles. The highest BCUT2D eigenvalue weighted by molar-refractivity contribution is 5.93. The first-order valence-corrected chi connectivity index (χ1v) is 7.26. The molecule has 0 fully saturated rings. The molecule has 7 heteroatoms. The van der Waals surface area contributed by atoms with Crippen molar-refractivity contribution >= 4 is 17.3 Å². The number of aryl methyl sites for hydroxylation is 1. The molecule has 0 bridgehead atoms. The van der Waals surface area contributed by atoms with Gasteiger partial charge in [-0.05, 0) is 24.6 Å². The number of rotatable bonds is 3. The van der Waals surface area contributed by atoms with Gasteiger partial charge in [0.15, 0.2) is 6.40 Å². The third-order valence-corrected chi connectivity index (χ3v) is 3.84. The van der Waals surface area contributed by atoms with Gasteiger partial charge in [-0.3, -0.25) is 9.78 Å². The Morgan fingerprint density at radius 3 is 3.14 bits per heavy atom. The summed E-state index contributed by atoms with van der Waals surface area (Å²) >= 11 is 0. The highest BCUT2D eigenvalue weighted by atomic mass is 16.5. The lowest BCUT2D eigenvalue weighted by Crippen LogP contribution is -2.23. The van der Waals surface area contributed by atoms with Gasteiger partial charge in [0.1, 0.15) is 11.8 Å². The Kier molecular flexibility index (Phi) is 3.03. The van der Waals surface area contributed by atoms with E-state index in [2.05, 4.69) is 38.8 Å². The summed E-state index contributed by atoms with van der Waals surface area (Å²) < 4.78 is 7.45. The number of ether oxygens (including phenoxy) is 1. The smallest absolute Gasteiger partial charge is 0.193 e. The van der Waals surface area contributed by atoms with E-state index in [0.29, 0.717) is 6.54 Å². The van der Waals surface area contributed by atoms with Crippen molar-refractivity contribution in [2.24, 2.45) is 5.10 Å². The number of aromatic amines is 1. The van der Waals surface area contributed by atoms with Crippen molar-refractivity contribution in [3.05, 3.63) is 36.2 Å². The van der Waals surface area contributed by atoms with E-state index >= 15 is 0 Å². The Hall–Kier alpha value is -2.83. The van der Waals surface area contributed by atoms with Crippen molar-refractivity contribution in [3.63, 3.8) is 0 Å². The quantitative estimate of drug-likeness (QED) is 0.775. The lowest BCUT2D eigenvalue weighted by Gasteiger charge is -2.19. The summed E-state index contributed by atoms with van der Waals surface area (Å²) in [4.78, 5) is 0. The minimum Gasteiger partial charge on any atom is -0.472 e. The molecule has 112 valence electrons. The third-order valence-electron chi connectivity index (χ3n) is 3.84. The van der Waals surface area contributed by atoms with Crippen molar-refractivity contribution in [1.29, 1.82) is 0 Å². The number of aromatic nitrogens is 4. The number of hydrogen-bond donors (Lipinski definition) is 2. The lowest BCUT2D eigenvalue weighted by atomic mass is 10.0. The Morgan fingerprint density at radius 1 is 1.41 bits per heavy atom. The zero-order valence-corrected chi connectivity index (χ0v) is 12.2. The Labute approximate surface area is 127 Å². The van der Waals surface area contributed by atoms with Crippen LogP contribution in [0.2, 0.25) is 0 Å². The van der Waals surface area contributed by atoms with Crippen molar-refractivity contribution in [1.82, 2.24) is 25.4 Å². The highest BCUT2D eigenvalue weighted by Crippen LogP contribution is 2.29. The zero-order valence-electron chi connectivity index (χ0n) is 12.2. The van der Waals surface area contributed by atoms with Crippen LogP contribution in [0, 0.1) is 0 Å². The molecule has 1 unspecified atom stereocenters.